The fourth-order valence-corrected chi connectivity index (χ4v) is 2.83. The molecule has 0 amide bonds. The van der Waals surface area contributed by atoms with E-state index in [-0.39, 0.29) is 0 Å². The average molecular weight is 281 g/mol. The van der Waals surface area contributed by atoms with Crippen LogP contribution < -0.4 is 10.1 Å². The molecular formula is C19H23NO. The highest BCUT2D eigenvalue weighted by Crippen LogP contribution is 2.29. The van der Waals surface area contributed by atoms with E-state index in [9.17, 15) is 0 Å². The molecule has 0 bridgehead atoms. The van der Waals surface area contributed by atoms with Crippen LogP contribution in [0.25, 0.3) is 0 Å². The second kappa shape index (κ2) is 6.77. The van der Waals surface area contributed by atoms with E-state index in [2.05, 4.69) is 54.7 Å². The first-order chi connectivity index (χ1) is 10.3. The van der Waals surface area contributed by atoms with Crippen molar-refractivity contribution in [2.24, 2.45) is 0 Å². The summed E-state index contributed by atoms with van der Waals surface area (Å²) in [6.07, 6.45) is 4.85. The first kappa shape index (κ1) is 14.2. The molecule has 1 aliphatic rings. The predicted molar refractivity (Wildman–Crippen MR) is 87.0 cm³/mol. The molecule has 3 rings (SSSR count). The number of benzene rings is 2. The molecule has 0 fully saturated rings. The van der Waals surface area contributed by atoms with Crippen molar-refractivity contribution in [3.63, 3.8) is 0 Å². The second-order valence-corrected chi connectivity index (χ2v) is 5.71. The summed E-state index contributed by atoms with van der Waals surface area (Å²) in [6, 6.07) is 14.9. The van der Waals surface area contributed by atoms with Crippen molar-refractivity contribution in [3.05, 3.63) is 59.2 Å². The predicted octanol–water partition coefficient (Wildman–Crippen LogP) is 4.47. The number of nitrogens with one attached hydrogen (secondary N) is 1. The van der Waals surface area contributed by atoms with Crippen molar-refractivity contribution in [2.75, 3.05) is 6.54 Å². The van der Waals surface area contributed by atoms with Crippen molar-refractivity contribution in [3.8, 4) is 11.5 Å². The van der Waals surface area contributed by atoms with E-state index in [1.807, 2.05) is 0 Å². The number of aryl methyl sites for hydroxylation is 2. The van der Waals surface area contributed by atoms with Crippen molar-refractivity contribution in [1.29, 1.82) is 0 Å². The highest BCUT2D eigenvalue weighted by atomic mass is 16.5. The molecule has 2 aromatic carbocycles. The summed E-state index contributed by atoms with van der Waals surface area (Å²) in [4.78, 5) is 0. The van der Waals surface area contributed by atoms with Gasteiger partial charge in [-0.3, -0.25) is 0 Å². The molecule has 1 aliphatic carbocycles. The molecule has 0 aliphatic heterocycles. The largest absolute Gasteiger partial charge is 0.457 e. The smallest absolute Gasteiger partial charge is 0.127 e. The number of hydrogen-bond donors (Lipinski definition) is 1. The molecule has 0 heterocycles. The van der Waals surface area contributed by atoms with E-state index in [1.165, 1.54) is 42.4 Å². The maximum atomic E-state index is 5.96. The lowest BCUT2D eigenvalue weighted by atomic mass is 10.1. The first-order valence-electron chi connectivity index (χ1n) is 7.94. The quantitative estimate of drug-likeness (QED) is 0.789. The van der Waals surface area contributed by atoms with Crippen LogP contribution in [0.2, 0.25) is 0 Å². The molecule has 1 N–H and O–H groups in total. The highest BCUT2D eigenvalue weighted by Gasteiger charge is 2.11. The normalized spacial score (nSPS) is 13.2. The van der Waals surface area contributed by atoms with Crippen molar-refractivity contribution < 1.29 is 4.74 Å². The maximum Gasteiger partial charge on any atom is 0.127 e. The van der Waals surface area contributed by atoms with Gasteiger partial charge in [-0.25, -0.2) is 0 Å². The van der Waals surface area contributed by atoms with E-state index in [0.29, 0.717) is 0 Å². The molecule has 2 aromatic rings. The fraction of sp³-hybridized carbons (Fsp3) is 0.368. The molecule has 0 saturated heterocycles. The minimum atomic E-state index is 0.909. The molecule has 2 heteroatoms. The second-order valence-electron chi connectivity index (χ2n) is 5.71. The van der Waals surface area contributed by atoms with Crippen LogP contribution in [0.5, 0.6) is 11.5 Å². The Kier molecular flexibility index (Phi) is 4.56. The summed E-state index contributed by atoms with van der Waals surface area (Å²) in [6.45, 7) is 4.17. The number of ether oxygens (including phenoxy) is 1. The van der Waals surface area contributed by atoms with Gasteiger partial charge in [0.15, 0.2) is 0 Å². The topological polar surface area (TPSA) is 21.3 Å². The first-order valence-corrected chi connectivity index (χ1v) is 7.94. The Morgan fingerprint density at radius 2 is 1.71 bits per heavy atom. The third kappa shape index (κ3) is 3.64. The van der Waals surface area contributed by atoms with Crippen LogP contribution in [0.15, 0.2) is 42.5 Å². The minimum absolute atomic E-state index is 0.909. The van der Waals surface area contributed by atoms with Gasteiger partial charge in [0.25, 0.3) is 0 Å². The molecule has 0 spiro atoms. The van der Waals surface area contributed by atoms with E-state index >= 15 is 0 Å². The van der Waals surface area contributed by atoms with Crippen LogP contribution in [0.4, 0.5) is 0 Å². The van der Waals surface area contributed by atoms with Gasteiger partial charge in [0.2, 0.25) is 0 Å². The van der Waals surface area contributed by atoms with Crippen molar-refractivity contribution in [1.82, 2.24) is 5.32 Å². The van der Waals surface area contributed by atoms with Crippen LogP contribution in [-0.4, -0.2) is 6.54 Å². The number of hydrogen-bond acceptors (Lipinski definition) is 2. The van der Waals surface area contributed by atoms with Crippen LogP contribution in [0.1, 0.15) is 36.5 Å². The zero-order chi connectivity index (χ0) is 14.5. The molecule has 0 saturated carbocycles. The van der Waals surface area contributed by atoms with Crippen LogP contribution in [-0.2, 0) is 19.4 Å². The highest BCUT2D eigenvalue weighted by molar-refractivity contribution is 5.40. The number of rotatable bonds is 6. The third-order valence-electron chi connectivity index (χ3n) is 3.98. The van der Waals surface area contributed by atoms with Gasteiger partial charge in [-0.2, -0.15) is 0 Å². The maximum absolute atomic E-state index is 5.96. The summed E-state index contributed by atoms with van der Waals surface area (Å²) < 4.78 is 5.96. The van der Waals surface area contributed by atoms with Gasteiger partial charge >= 0.3 is 0 Å². The Morgan fingerprint density at radius 1 is 0.952 bits per heavy atom. The van der Waals surface area contributed by atoms with Gasteiger partial charge in [0, 0.05) is 6.54 Å². The number of fused-ring (bicyclic) bond motifs is 1. The Morgan fingerprint density at radius 3 is 2.52 bits per heavy atom. The zero-order valence-corrected chi connectivity index (χ0v) is 12.7. The van der Waals surface area contributed by atoms with Crippen molar-refractivity contribution in [2.45, 2.75) is 39.2 Å². The van der Waals surface area contributed by atoms with E-state index in [1.54, 1.807) is 0 Å². The Hall–Kier alpha value is -1.80. The molecule has 0 atom stereocenters. The van der Waals surface area contributed by atoms with Gasteiger partial charge in [-0.05, 0) is 73.2 Å². The third-order valence-corrected chi connectivity index (χ3v) is 3.98. The molecule has 0 radical (unpaired) electrons. The minimum Gasteiger partial charge on any atom is -0.457 e. The van der Waals surface area contributed by atoms with Crippen LogP contribution in [0, 0.1) is 0 Å². The Balaban J connectivity index is 1.62. The lowest BCUT2D eigenvalue weighted by Gasteiger charge is -2.09. The SMILES string of the molecule is CCCNCc1ccc(Oc2ccc3c(c2)CCC3)cc1. The molecule has 2 nitrogen and oxygen atoms in total. The monoisotopic (exact) mass is 281 g/mol. The van der Waals surface area contributed by atoms with Gasteiger partial charge in [-0.15, -0.1) is 0 Å². The zero-order valence-electron chi connectivity index (χ0n) is 12.7. The lowest BCUT2D eigenvalue weighted by Crippen LogP contribution is -2.13. The molecule has 0 unspecified atom stereocenters. The molecule has 0 aromatic heterocycles. The van der Waals surface area contributed by atoms with Crippen LogP contribution in [0.3, 0.4) is 0 Å². The molecular weight excluding hydrogens is 258 g/mol. The van der Waals surface area contributed by atoms with E-state index in [4.69, 9.17) is 4.74 Å². The summed E-state index contributed by atoms with van der Waals surface area (Å²) >= 11 is 0. The molecule has 110 valence electrons. The van der Waals surface area contributed by atoms with Crippen LogP contribution >= 0.6 is 0 Å². The van der Waals surface area contributed by atoms with Gasteiger partial charge < -0.3 is 10.1 Å². The van der Waals surface area contributed by atoms with Gasteiger partial charge in [0.1, 0.15) is 11.5 Å². The Labute approximate surface area is 127 Å². The summed E-state index contributed by atoms with van der Waals surface area (Å²) in [5, 5.41) is 3.41. The van der Waals surface area contributed by atoms with E-state index < -0.39 is 0 Å². The van der Waals surface area contributed by atoms with Gasteiger partial charge in [0.05, 0.1) is 0 Å². The van der Waals surface area contributed by atoms with Crippen molar-refractivity contribution >= 4 is 0 Å². The fourth-order valence-electron chi connectivity index (χ4n) is 2.83. The van der Waals surface area contributed by atoms with E-state index in [0.717, 1.165) is 24.6 Å². The summed E-state index contributed by atoms with van der Waals surface area (Å²) in [7, 11) is 0. The Bertz CT molecular complexity index is 589. The summed E-state index contributed by atoms with van der Waals surface area (Å²) in [5.74, 6) is 1.86. The molecule has 21 heavy (non-hydrogen) atoms. The van der Waals surface area contributed by atoms with Gasteiger partial charge in [-0.1, -0.05) is 25.1 Å². The lowest BCUT2D eigenvalue weighted by molar-refractivity contribution is 0.481. The summed E-state index contributed by atoms with van der Waals surface area (Å²) in [5.41, 5.74) is 4.23. The standard InChI is InChI=1S/C19H23NO/c1-2-12-20-14-15-6-9-18(10-7-15)21-19-11-8-16-4-3-5-17(16)13-19/h6-11,13,20H,2-5,12,14H2,1H3. The average Bonchev–Trinajstić information content (AvgIpc) is 2.97.